The molecule has 1 aromatic heterocycles. The fourth-order valence-corrected chi connectivity index (χ4v) is 4.36. The molecule has 6 heteroatoms. The van der Waals surface area contributed by atoms with Gasteiger partial charge in [0.15, 0.2) is 0 Å². The zero-order chi connectivity index (χ0) is 16.4. The minimum atomic E-state index is 0.0584. The second-order valence-corrected chi connectivity index (χ2v) is 7.79. The molecular weight excluding hydrogens is 310 g/mol. The Morgan fingerprint density at radius 3 is 2.91 bits per heavy atom. The monoisotopic (exact) mass is 337 g/mol. The maximum atomic E-state index is 12.4. The van der Waals surface area contributed by atoms with E-state index in [4.69, 9.17) is 4.74 Å². The highest BCUT2D eigenvalue weighted by Gasteiger charge is 2.27. The van der Waals surface area contributed by atoms with Gasteiger partial charge < -0.3 is 15.0 Å². The van der Waals surface area contributed by atoms with Crippen LogP contribution in [0.25, 0.3) is 0 Å². The summed E-state index contributed by atoms with van der Waals surface area (Å²) in [6.07, 6.45) is 1.50. The van der Waals surface area contributed by atoms with Gasteiger partial charge in [-0.3, -0.25) is 4.90 Å². The van der Waals surface area contributed by atoms with Crippen molar-refractivity contribution in [2.75, 3.05) is 26.2 Å². The largest absolute Gasteiger partial charge is 0.373 e. The summed E-state index contributed by atoms with van der Waals surface area (Å²) in [4.78, 5) is 18.2. The number of urea groups is 1. The SMILES string of the molecule is CC1CN(C(C)CNC(=O)N2CCc3sccc3C2)CC(C)O1. The van der Waals surface area contributed by atoms with Gasteiger partial charge in [-0.05, 0) is 44.2 Å². The third kappa shape index (κ3) is 4.05. The second-order valence-electron chi connectivity index (χ2n) is 6.79. The number of amides is 2. The minimum absolute atomic E-state index is 0.0584. The van der Waals surface area contributed by atoms with Crippen LogP contribution in [0.3, 0.4) is 0 Å². The lowest BCUT2D eigenvalue weighted by atomic mass is 10.1. The van der Waals surface area contributed by atoms with Gasteiger partial charge in [0, 0.05) is 43.6 Å². The van der Waals surface area contributed by atoms with Crippen LogP contribution in [-0.4, -0.2) is 60.3 Å². The highest BCUT2D eigenvalue weighted by molar-refractivity contribution is 7.10. The molecule has 1 aromatic rings. The molecule has 0 aromatic carbocycles. The lowest BCUT2D eigenvalue weighted by Crippen LogP contribution is -2.53. The summed E-state index contributed by atoms with van der Waals surface area (Å²) in [5, 5.41) is 5.23. The quantitative estimate of drug-likeness (QED) is 0.921. The van der Waals surface area contributed by atoms with Gasteiger partial charge >= 0.3 is 6.03 Å². The Morgan fingerprint density at radius 2 is 2.17 bits per heavy atom. The molecule has 3 heterocycles. The number of nitrogens with zero attached hydrogens (tertiary/aromatic N) is 2. The van der Waals surface area contributed by atoms with Crippen LogP contribution < -0.4 is 5.32 Å². The van der Waals surface area contributed by atoms with Crippen molar-refractivity contribution in [3.8, 4) is 0 Å². The Hall–Kier alpha value is -1.11. The van der Waals surface area contributed by atoms with Crippen molar-refractivity contribution in [2.45, 2.75) is 52.0 Å². The van der Waals surface area contributed by atoms with Crippen molar-refractivity contribution in [3.05, 3.63) is 21.9 Å². The third-order valence-corrected chi connectivity index (χ3v) is 5.74. The summed E-state index contributed by atoms with van der Waals surface area (Å²) in [6, 6.07) is 2.52. The predicted octanol–water partition coefficient (Wildman–Crippen LogP) is 2.31. The zero-order valence-corrected chi connectivity index (χ0v) is 15.1. The van der Waals surface area contributed by atoms with E-state index in [-0.39, 0.29) is 18.2 Å². The molecule has 0 bridgehead atoms. The predicted molar refractivity (Wildman–Crippen MR) is 92.9 cm³/mol. The summed E-state index contributed by atoms with van der Waals surface area (Å²) in [5.74, 6) is 0. The molecule has 2 amide bonds. The van der Waals surface area contributed by atoms with Crippen LogP contribution in [0.15, 0.2) is 11.4 Å². The number of nitrogens with one attached hydrogen (secondary N) is 1. The molecule has 2 aliphatic heterocycles. The van der Waals surface area contributed by atoms with E-state index in [9.17, 15) is 4.79 Å². The van der Waals surface area contributed by atoms with Crippen LogP contribution in [0.1, 0.15) is 31.2 Å². The Labute approximate surface area is 142 Å². The Morgan fingerprint density at radius 1 is 1.43 bits per heavy atom. The van der Waals surface area contributed by atoms with E-state index in [2.05, 4.69) is 42.4 Å². The Bertz CT molecular complexity index is 538. The average Bonchev–Trinajstić information content (AvgIpc) is 2.98. The molecule has 1 saturated heterocycles. The van der Waals surface area contributed by atoms with Crippen LogP contribution in [-0.2, 0) is 17.7 Å². The number of hydrogen-bond donors (Lipinski definition) is 1. The summed E-state index contributed by atoms with van der Waals surface area (Å²) in [5.41, 5.74) is 1.31. The summed E-state index contributed by atoms with van der Waals surface area (Å²) < 4.78 is 5.78. The summed E-state index contributed by atoms with van der Waals surface area (Å²) >= 11 is 1.80. The van der Waals surface area contributed by atoms with Crippen molar-refractivity contribution in [1.29, 1.82) is 0 Å². The molecule has 0 saturated carbocycles. The van der Waals surface area contributed by atoms with E-state index >= 15 is 0 Å². The third-order valence-electron chi connectivity index (χ3n) is 4.71. The first-order chi connectivity index (χ1) is 11.0. The van der Waals surface area contributed by atoms with E-state index in [1.54, 1.807) is 11.3 Å². The van der Waals surface area contributed by atoms with Crippen molar-refractivity contribution >= 4 is 17.4 Å². The molecule has 3 rings (SSSR count). The van der Waals surface area contributed by atoms with E-state index < -0.39 is 0 Å². The van der Waals surface area contributed by atoms with E-state index in [1.807, 2.05) is 4.90 Å². The van der Waals surface area contributed by atoms with Crippen LogP contribution in [0.2, 0.25) is 0 Å². The van der Waals surface area contributed by atoms with Gasteiger partial charge in [-0.15, -0.1) is 11.3 Å². The van der Waals surface area contributed by atoms with E-state index in [0.29, 0.717) is 12.6 Å². The Balaban J connectivity index is 1.47. The highest BCUT2D eigenvalue weighted by atomic mass is 32.1. The molecule has 23 heavy (non-hydrogen) atoms. The smallest absolute Gasteiger partial charge is 0.317 e. The van der Waals surface area contributed by atoms with Gasteiger partial charge in [-0.1, -0.05) is 0 Å². The molecule has 1 N–H and O–H groups in total. The minimum Gasteiger partial charge on any atom is -0.373 e. The molecule has 2 aliphatic rings. The number of rotatable bonds is 3. The van der Waals surface area contributed by atoms with E-state index in [1.165, 1.54) is 10.4 Å². The second kappa shape index (κ2) is 7.20. The van der Waals surface area contributed by atoms with Crippen LogP contribution in [0.4, 0.5) is 4.79 Å². The van der Waals surface area contributed by atoms with Crippen LogP contribution in [0.5, 0.6) is 0 Å². The first-order valence-corrected chi connectivity index (χ1v) is 9.38. The lowest BCUT2D eigenvalue weighted by Gasteiger charge is -2.39. The fraction of sp³-hybridized carbons (Fsp3) is 0.706. The van der Waals surface area contributed by atoms with Gasteiger partial charge in [0.1, 0.15) is 0 Å². The summed E-state index contributed by atoms with van der Waals surface area (Å²) in [7, 11) is 0. The lowest BCUT2D eigenvalue weighted by molar-refractivity contribution is -0.0778. The molecule has 0 spiro atoms. The zero-order valence-electron chi connectivity index (χ0n) is 14.2. The van der Waals surface area contributed by atoms with Crippen molar-refractivity contribution in [2.24, 2.45) is 0 Å². The van der Waals surface area contributed by atoms with Gasteiger partial charge in [-0.2, -0.15) is 0 Å². The number of hydrogen-bond acceptors (Lipinski definition) is 4. The molecule has 3 unspecified atom stereocenters. The molecule has 0 aliphatic carbocycles. The number of carbonyl (C=O) groups is 1. The van der Waals surface area contributed by atoms with Crippen LogP contribution in [0, 0.1) is 0 Å². The maximum Gasteiger partial charge on any atom is 0.317 e. The first kappa shape index (κ1) is 16.7. The van der Waals surface area contributed by atoms with Gasteiger partial charge in [0.05, 0.1) is 12.2 Å². The number of carbonyl (C=O) groups excluding carboxylic acids is 1. The molecule has 0 radical (unpaired) electrons. The Kier molecular flexibility index (Phi) is 5.24. The fourth-order valence-electron chi connectivity index (χ4n) is 3.48. The number of ether oxygens (including phenoxy) is 1. The maximum absolute atomic E-state index is 12.4. The average molecular weight is 337 g/mol. The molecule has 1 fully saturated rings. The standard InChI is InChI=1S/C17H27N3O2S/c1-12(20-9-13(2)22-14(3)10-20)8-18-17(21)19-6-4-16-15(11-19)5-7-23-16/h5,7,12-14H,4,6,8-11H2,1-3H3,(H,18,21). The number of fused-ring (bicyclic) bond motifs is 1. The van der Waals surface area contributed by atoms with E-state index in [0.717, 1.165) is 32.6 Å². The van der Waals surface area contributed by atoms with Crippen molar-refractivity contribution < 1.29 is 9.53 Å². The highest BCUT2D eigenvalue weighted by Crippen LogP contribution is 2.23. The summed E-state index contributed by atoms with van der Waals surface area (Å²) in [6.45, 7) is 10.5. The first-order valence-electron chi connectivity index (χ1n) is 8.50. The van der Waals surface area contributed by atoms with Gasteiger partial charge in [0.25, 0.3) is 0 Å². The molecule has 128 valence electrons. The topological polar surface area (TPSA) is 44.8 Å². The van der Waals surface area contributed by atoms with Crippen LogP contribution >= 0.6 is 11.3 Å². The molecule has 3 atom stereocenters. The van der Waals surface area contributed by atoms with Gasteiger partial charge in [-0.25, -0.2) is 4.79 Å². The normalized spacial score (nSPS) is 26.7. The van der Waals surface area contributed by atoms with Gasteiger partial charge in [0.2, 0.25) is 0 Å². The van der Waals surface area contributed by atoms with Crippen molar-refractivity contribution in [1.82, 2.24) is 15.1 Å². The van der Waals surface area contributed by atoms with Crippen molar-refractivity contribution in [3.63, 3.8) is 0 Å². The number of morpholine rings is 1. The molecule has 5 nitrogen and oxygen atoms in total. The molecular formula is C17H27N3O2S. The number of thiophene rings is 1.